The second-order valence-corrected chi connectivity index (χ2v) is 11.2. The molecular weight excluding hydrogens is 326 g/mol. The molecule has 0 aliphatic carbocycles. The summed E-state index contributed by atoms with van der Waals surface area (Å²) in [6.45, 7) is 8.00. The van der Waals surface area contributed by atoms with Gasteiger partial charge in [0.2, 0.25) is 8.32 Å². The van der Waals surface area contributed by atoms with E-state index in [1.165, 1.54) is 0 Å². The second-order valence-electron chi connectivity index (χ2n) is 6.67. The third-order valence-electron chi connectivity index (χ3n) is 4.52. The van der Waals surface area contributed by atoms with Crippen LogP contribution in [0, 0.1) is 0 Å². The molecule has 7 heteroatoms. The average Bonchev–Trinajstić information content (AvgIpc) is 2.85. The number of rotatable bonds is 5. The number of hydrogen-bond acceptors (Lipinski definition) is 5. The summed E-state index contributed by atoms with van der Waals surface area (Å²) in [5, 5.41) is 1.38. The van der Waals surface area contributed by atoms with Crippen LogP contribution in [0.4, 0.5) is 0 Å². The van der Waals surface area contributed by atoms with Crippen molar-refractivity contribution in [2.45, 2.75) is 51.6 Å². The molecule has 130 valence electrons. The van der Waals surface area contributed by atoms with Gasteiger partial charge in [0.15, 0.2) is 0 Å². The fourth-order valence-electron chi connectivity index (χ4n) is 3.00. The molecule has 1 aromatic rings. The summed E-state index contributed by atoms with van der Waals surface area (Å²) >= 11 is 0. The average molecular weight is 349 g/mol. The van der Waals surface area contributed by atoms with E-state index < -0.39 is 26.1 Å². The lowest BCUT2D eigenvalue weighted by atomic mass is 10.2. The zero-order valence-corrected chi connectivity index (χ0v) is 15.4. The highest BCUT2D eigenvalue weighted by Gasteiger charge is 2.40. The third kappa shape index (κ3) is 3.27. The van der Waals surface area contributed by atoms with E-state index >= 15 is 0 Å². The van der Waals surface area contributed by atoms with Gasteiger partial charge in [0.05, 0.1) is 5.56 Å². The van der Waals surface area contributed by atoms with Gasteiger partial charge in [0, 0.05) is 12.8 Å². The molecular formula is C17H23NO5Si. The molecule has 1 aliphatic heterocycles. The van der Waals surface area contributed by atoms with Crippen LogP contribution in [0.25, 0.3) is 0 Å². The van der Waals surface area contributed by atoms with Gasteiger partial charge in [-0.1, -0.05) is 39.8 Å². The van der Waals surface area contributed by atoms with Crippen LogP contribution in [0.5, 0.6) is 0 Å². The Morgan fingerprint density at radius 3 is 1.92 bits per heavy atom. The van der Waals surface area contributed by atoms with Crippen molar-refractivity contribution in [2.24, 2.45) is 0 Å². The smallest absolute Gasteiger partial charge is 0.363 e. The highest BCUT2D eigenvalue weighted by atomic mass is 28.4. The van der Waals surface area contributed by atoms with Gasteiger partial charge in [-0.25, -0.2) is 4.79 Å². The molecule has 1 N–H and O–H groups in total. The quantitative estimate of drug-likeness (QED) is 0.648. The van der Waals surface area contributed by atoms with Crippen LogP contribution in [0.2, 0.25) is 11.1 Å². The Bertz CT molecular complexity index is 629. The van der Waals surface area contributed by atoms with E-state index in [1.807, 2.05) is 27.7 Å². The molecule has 0 bridgehead atoms. The molecule has 0 aromatic heterocycles. The topological polar surface area (TPSA) is 83.9 Å². The Balaban J connectivity index is 2.18. The monoisotopic (exact) mass is 349 g/mol. The Morgan fingerprint density at radius 1 is 1.04 bits per heavy atom. The number of hydrogen-bond donors (Lipinski definition) is 1. The highest BCUT2D eigenvalue weighted by Crippen LogP contribution is 2.29. The number of amides is 2. The Hall–Kier alpha value is -1.99. The number of carbonyl (C=O) groups excluding carboxylic acids is 3. The fraction of sp³-hybridized carbons (Fsp3) is 0.471. The summed E-state index contributed by atoms with van der Waals surface area (Å²) in [6.07, 6.45) is 0.124. The van der Waals surface area contributed by atoms with E-state index in [0.29, 0.717) is 5.06 Å². The summed E-state index contributed by atoms with van der Waals surface area (Å²) < 4.78 is 0. The molecule has 2 rings (SSSR count). The number of carbonyl (C=O) groups is 3. The van der Waals surface area contributed by atoms with Gasteiger partial charge in [-0.15, -0.1) is 5.06 Å². The van der Waals surface area contributed by atoms with Crippen LogP contribution < -0.4 is 5.19 Å². The normalized spacial score (nSPS) is 15.5. The van der Waals surface area contributed by atoms with Crippen molar-refractivity contribution < 1.29 is 24.0 Å². The van der Waals surface area contributed by atoms with Gasteiger partial charge < -0.3 is 9.63 Å². The summed E-state index contributed by atoms with van der Waals surface area (Å²) in [5.41, 5.74) is 0.500. The zero-order valence-electron chi connectivity index (χ0n) is 14.4. The Kier molecular flexibility index (Phi) is 5.25. The molecule has 1 aliphatic rings. The third-order valence-corrected chi connectivity index (χ3v) is 9.30. The van der Waals surface area contributed by atoms with Crippen molar-refractivity contribution in [3.63, 3.8) is 0 Å². The maximum Gasteiger partial charge on any atom is 0.363 e. The van der Waals surface area contributed by atoms with Crippen molar-refractivity contribution in [3.05, 3.63) is 29.8 Å². The molecule has 0 spiro atoms. The van der Waals surface area contributed by atoms with Crippen LogP contribution >= 0.6 is 0 Å². The fourth-order valence-corrected chi connectivity index (χ4v) is 6.37. The first-order valence-electron chi connectivity index (χ1n) is 8.09. The van der Waals surface area contributed by atoms with Crippen LogP contribution in [0.3, 0.4) is 0 Å². The van der Waals surface area contributed by atoms with Gasteiger partial charge in [-0.05, 0) is 28.4 Å². The van der Waals surface area contributed by atoms with Crippen LogP contribution in [-0.4, -0.2) is 36.0 Å². The first kappa shape index (κ1) is 18.3. The molecule has 0 saturated carbocycles. The minimum Gasteiger partial charge on any atom is -0.427 e. The summed E-state index contributed by atoms with van der Waals surface area (Å²) in [6, 6.07) is 6.59. The van der Waals surface area contributed by atoms with Crippen LogP contribution in [0.1, 0.15) is 50.9 Å². The Labute approximate surface area is 142 Å². The van der Waals surface area contributed by atoms with Crippen molar-refractivity contribution in [2.75, 3.05) is 0 Å². The minimum absolute atomic E-state index is 0.0620. The van der Waals surface area contributed by atoms with Crippen molar-refractivity contribution in [1.82, 2.24) is 5.06 Å². The van der Waals surface area contributed by atoms with Crippen LogP contribution in [0.15, 0.2) is 24.3 Å². The molecule has 0 unspecified atom stereocenters. The molecule has 24 heavy (non-hydrogen) atoms. The summed E-state index contributed by atoms with van der Waals surface area (Å²) in [5.74, 6) is -1.78. The summed E-state index contributed by atoms with van der Waals surface area (Å²) in [7, 11) is -2.67. The van der Waals surface area contributed by atoms with E-state index in [0.717, 1.165) is 5.19 Å². The first-order valence-corrected chi connectivity index (χ1v) is 10.2. The molecule has 0 atom stereocenters. The first-order chi connectivity index (χ1) is 11.2. The van der Waals surface area contributed by atoms with E-state index in [9.17, 15) is 19.2 Å². The highest BCUT2D eigenvalue weighted by molar-refractivity contribution is 6.87. The number of benzene rings is 1. The lowest BCUT2D eigenvalue weighted by Gasteiger charge is -2.33. The molecule has 0 radical (unpaired) electrons. The standard InChI is InChI=1S/C17H23NO5Si/c1-11(2)24(22,12(3)4)14-7-5-13(6-8-14)17(21)23-18-15(19)9-10-16(18)20/h5-8,11-12,22H,9-10H2,1-4H3. The lowest BCUT2D eigenvalue weighted by molar-refractivity contribution is -0.172. The predicted octanol–water partition coefficient (Wildman–Crippen LogP) is 1.87. The van der Waals surface area contributed by atoms with E-state index in [2.05, 4.69) is 0 Å². The molecule has 1 heterocycles. The van der Waals surface area contributed by atoms with Crippen molar-refractivity contribution in [3.8, 4) is 0 Å². The minimum atomic E-state index is -2.67. The van der Waals surface area contributed by atoms with Crippen LogP contribution in [-0.2, 0) is 14.4 Å². The maximum absolute atomic E-state index is 12.1. The predicted molar refractivity (Wildman–Crippen MR) is 90.7 cm³/mol. The van der Waals surface area contributed by atoms with Gasteiger partial charge >= 0.3 is 5.97 Å². The zero-order chi connectivity index (χ0) is 18.1. The SMILES string of the molecule is CC(C)[Si](O)(c1ccc(C(=O)ON2C(=O)CCC2=O)cc1)C(C)C. The molecule has 6 nitrogen and oxygen atoms in total. The number of nitrogens with zero attached hydrogens (tertiary/aromatic N) is 1. The van der Waals surface area contributed by atoms with Crippen molar-refractivity contribution >= 4 is 31.3 Å². The number of imide groups is 1. The molecule has 2 amide bonds. The lowest BCUT2D eigenvalue weighted by Crippen LogP contribution is -2.53. The van der Waals surface area contributed by atoms with Crippen molar-refractivity contribution in [1.29, 1.82) is 0 Å². The second kappa shape index (κ2) is 6.86. The van der Waals surface area contributed by atoms with E-state index in [4.69, 9.17) is 4.84 Å². The van der Waals surface area contributed by atoms with Gasteiger partial charge in [-0.2, -0.15) is 0 Å². The van der Waals surface area contributed by atoms with Gasteiger partial charge in [0.1, 0.15) is 0 Å². The van der Waals surface area contributed by atoms with E-state index in [-0.39, 0.29) is 29.5 Å². The van der Waals surface area contributed by atoms with Gasteiger partial charge in [-0.3, -0.25) is 9.59 Å². The maximum atomic E-state index is 12.1. The molecule has 1 fully saturated rings. The molecule has 1 saturated heterocycles. The Morgan fingerprint density at radius 2 is 1.50 bits per heavy atom. The molecule has 1 aromatic carbocycles. The largest absolute Gasteiger partial charge is 0.427 e. The summed E-state index contributed by atoms with van der Waals surface area (Å²) in [4.78, 5) is 51.1. The van der Waals surface area contributed by atoms with E-state index in [1.54, 1.807) is 24.3 Å². The number of hydroxylamine groups is 2. The van der Waals surface area contributed by atoms with Gasteiger partial charge in [0.25, 0.3) is 11.8 Å².